The molecule has 0 spiro atoms. The molecular formula is C12H12INO2. The van der Waals surface area contributed by atoms with Crippen LogP contribution >= 0.6 is 22.6 Å². The molecule has 1 aromatic carbocycles. The summed E-state index contributed by atoms with van der Waals surface area (Å²) < 4.78 is 0.935. The largest absolute Gasteiger partial charge is 0.507 e. The van der Waals surface area contributed by atoms with Crippen molar-refractivity contribution in [2.45, 2.75) is 18.9 Å². The summed E-state index contributed by atoms with van der Waals surface area (Å²) in [7, 11) is 0. The molecule has 3 nitrogen and oxygen atoms in total. The van der Waals surface area contributed by atoms with Crippen molar-refractivity contribution < 1.29 is 9.90 Å². The van der Waals surface area contributed by atoms with Gasteiger partial charge < -0.3 is 10.4 Å². The van der Waals surface area contributed by atoms with Crippen molar-refractivity contribution in [2.75, 3.05) is 0 Å². The molecule has 4 heteroatoms. The molecule has 84 valence electrons. The molecule has 0 saturated heterocycles. The fraction of sp³-hybridized carbons (Fsp3) is 0.250. The minimum Gasteiger partial charge on any atom is -0.507 e. The lowest BCUT2D eigenvalue weighted by molar-refractivity contribution is 0.0936. The summed E-state index contributed by atoms with van der Waals surface area (Å²) in [5.74, 6) is -0.173. The molecule has 0 bridgehead atoms. The molecule has 0 atom stereocenters. The van der Waals surface area contributed by atoms with Crippen molar-refractivity contribution in [1.29, 1.82) is 0 Å². The van der Waals surface area contributed by atoms with E-state index in [9.17, 15) is 9.90 Å². The first kappa shape index (κ1) is 11.4. The van der Waals surface area contributed by atoms with Gasteiger partial charge in [-0.05, 0) is 53.6 Å². The predicted molar refractivity (Wildman–Crippen MR) is 70.5 cm³/mol. The third kappa shape index (κ3) is 2.55. The molecule has 0 radical (unpaired) electrons. The normalized spacial score (nSPS) is 15.3. The Kier molecular flexibility index (Phi) is 3.48. The van der Waals surface area contributed by atoms with Gasteiger partial charge in [0.1, 0.15) is 5.75 Å². The van der Waals surface area contributed by atoms with Gasteiger partial charge in [-0.3, -0.25) is 4.79 Å². The molecule has 1 amide bonds. The number of phenolic OH excluding ortho intramolecular Hbond substituents is 1. The van der Waals surface area contributed by atoms with Crippen LogP contribution in [0.1, 0.15) is 23.2 Å². The molecule has 2 rings (SSSR count). The van der Waals surface area contributed by atoms with E-state index in [4.69, 9.17) is 0 Å². The number of carbonyl (C=O) groups is 1. The number of phenols is 1. The van der Waals surface area contributed by atoms with Crippen molar-refractivity contribution in [3.05, 3.63) is 39.5 Å². The number of benzene rings is 1. The summed E-state index contributed by atoms with van der Waals surface area (Å²) in [6, 6.07) is 5.17. The van der Waals surface area contributed by atoms with E-state index in [-0.39, 0.29) is 17.7 Å². The van der Waals surface area contributed by atoms with Crippen molar-refractivity contribution in [3.63, 3.8) is 0 Å². The van der Waals surface area contributed by atoms with Gasteiger partial charge >= 0.3 is 0 Å². The maximum absolute atomic E-state index is 11.9. The zero-order valence-electron chi connectivity index (χ0n) is 8.61. The van der Waals surface area contributed by atoms with E-state index in [2.05, 4.69) is 40.1 Å². The average Bonchev–Trinajstić information content (AvgIpc) is 2.74. The van der Waals surface area contributed by atoms with Crippen molar-refractivity contribution in [1.82, 2.24) is 5.32 Å². The summed E-state index contributed by atoms with van der Waals surface area (Å²) >= 11 is 2.12. The third-order valence-corrected chi connectivity index (χ3v) is 3.22. The van der Waals surface area contributed by atoms with Crippen LogP contribution in [0.3, 0.4) is 0 Å². The molecule has 16 heavy (non-hydrogen) atoms. The molecule has 1 aromatic rings. The van der Waals surface area contributed by atoms with Gasteiger partial charge in [-0.15, -0.1) is 0 Å². The molecule has 0 saturated carbocycles. The smallest absolute Gasteiger partial charge is 0.255 e. The van der Waals surface area contributed by atoms with E-state index in [0.29, 0.717) is 5.56 Å². The highest BCUT2D eigenvalue weighted by Gasteiger charge is 2.17. The first-order valence-corrected chi connectivity index (χ1v) is 6.19. The van der Waals surface area contributed by atoms with Gasteiger partial charge in [-0.2, -0.15) is 0 Å². The Morgan fingerprint density at radius 1 is 1.38 bits per heavy atom. The Labute approximate surface area is 108 Å². The molecule has 0 unspecified atom stereocenters. The predicted octanol–water partition coefficient (Wildman–Crippen LogP) is 2.45. The SMILES string of the molecule is O=C(NC1CC=CC1)c1cc(I)ccc1O. The molecule has 0 aromatic heterocycles. The van der Waals surface area contributed by atoms with Gasteiger partial charge in [0.05, 0.1) is 5.56 Å². The molecule has 2 N–H and O–H groups in total. The second-order valence-corrected chi connectivity index (χ2v) is 5.02. The van der Waals surface area contributed by atoms with Gasteiger partial charge in [-0.25, -0.2) is 0 Å². The maximum atomic E-state index is 11.9. The van der Waals surface area contributed by atoms with Crippen LogP contribution in [0.2, 0.25) is 0 Å². The zero-order chi connectivity index (χ0) is 11.5. The van der Waals surface area contributed by atoms with E-state index < -0.39 is 0 Å². The van der Waals surface area contributed by atoms with Gasteiger partial charge in [-0.1, -0.05) is 12.2 Å². The lowest BCUT2D eigenvalue weighted by atomic mass is 10.1. The topological polar surface area (TPSA) is 49.3 Å². The molecule has 0 aliphatic heterocycles. The Bertz CT molecular complexity index is 435. The standard InChI is InChI=1S/C12H12INO2/c13-8-5-6-11(15)10(7-8)12(16)14-9-3-1-2-4-9/h1-2,5-7,9,15H,3-4H2,(H,14,16). The quantitative estimate of drug-likeness (QED) is 0.647. The van der Waals surface area contributed by atoms with Gasteiger partial charge in [0.15, 0.2) is 0 Å². The fourth-order valence-electron chi connectivity index (χ4n) is 1.69. The van der Waals surface area contributed by atoms with Crippen LogP contribution in [0, 0.1) is 3.57 Å². The van der Waals surface area contributed by atoms with Gasteiger partial charge in [0.25, 0.3) is 5.91 Å². The first-order chi connectivity index (χ1) is 7.66. The summed E-state index contributed by atoms with van der Waals surface area (Å²) in [6.07, 6.45) is 5.85. The second kappa shape index (κ2) is 4.86. The molecule has 0 fully saturated rings. The van der Waals surface area contributed by atoms with Crippen LogP contribution in [-0.2, 0) is 0 Å². The highest BCUT2D eigenvalue weighted by atomic mass is 127. The fourth-order valence-corrected chi connectivity index (χ4v) is 2.18. The summed E-state index contributed by atoms with van der Waals surface area (Å²) in [4.78, 5) is 11.9. The van der Waals surface area contributed by atoms with Gasteiger partial charge in [0, 0.05) is 9.61 Å². The van der Waals surface area contributed by atoms with Crippen LogP contribution in [-0.4, -0.2) is 17.1 Å². The second-order valence-electron chi connectivity index (χ2n) is 3.77. The lowest BCUT2D eigenvalue weighted by Gasteiger charge is -2.12. The average molecular weight is 329 g/mol. The summed E-state index contributed by atoms with van der Waals surface area (Å²) in [6.45, 7) is 0. The lowest BCUT2D eigenvalue weighted by Crippen LogP contribution is -2.32. The third-order valence-electron chi connectivity index (χ3n) is 2.55. The minimum atomic E-state index is -0.204. The summed E-state index contributed by atoms with van der Waals surface area (Å²) in [5, 5.41) is 12.5. The van der Waals surface area contributed by atoms with Crippen molar-refractivity contribution in [3.8, 4) is 5.75 Å². The van der Waals surface area contributed by atoms with Crippen LogP contribution in [0.5, 0.6) is 5.75 Å². The van der Waals surface area contributed by atoms with Crippen molar-refractivity contribution >= 4 is 28.5 Å². The van der Waals surface area contributed by atoms with E-state index in [1.807, 2.05) is 0 Å². The first-order valence-electron chi connectivity index (χ1n) is 5.11. The molecule has 1 aliphatic carbocycles. The number of amides is 1. The highest BCUT2D eigenvalue weighted by Crippen LogP contribution is 2.20. The van der Waals surface area contributed by atoms with Crippen LogP contribution < -0.4 is 5.32 Å². The Balaban J connectivity index is 2.10. The Hall–Kier alpha value is -1.04. The number of aromatic hydroxyl groups is 1. The number of hydrogen-bond donors (Lipinski definition) is 2. The Morgan fingerprint density at radius 3 is 2.75 bits per heavy atom. The van der Waals surface area contributed by atoms with E-state index in [0.717, 1.165) is 16.4 Å². The van der Waals surface area contributed by atoms with Crippen LogP contribution in [0.4, 0.5) is 0 Å². The zero-order valence-corrected chi connectivity index (χ0v) is 10.8. The van der Waals surface area contributed by atoms with Crippen LogP contribution in [0.25, 0.3) is 0 Å². The number of nitrogens with one attached hydrogen (secondary N) is 1. The number of halogens is 1. The van der Waals surface area contributed by atoms with E-state index >= 15 is 0 Å². The van der Waals surface area contributed by atoms with E-state index in [1.54, 1.807) is 18.2 Å². The van der Waals surface area contributed by atoms with E-state index in [1.165, 1.54) is 0 Å². The van der Waals surface area contributed by atoms with Crippen LogP contribution in [0.15, 0.2) is 30.4 Å². The highest BCUT2D eigenvalue weighted by molar-refractivity contribution is 14.1. The Morgan fingerprint density at radius 2 is 2.06 bits per heavy atom. The monoisotopic (exact) mass is 329 g/mol. The maximum Gasteiger partial charge on any atom is 0.255 e. The summed E-state index contributed by atoms with van der Waals surface area (Å²) in [5.41, 5.74) is 0.346. The molecule has 0 heterocycles. The minimum absolute atomic E-state index is 0.0314. The number of hydrogen-bond acceptors (Lipinski definition) is 2. The van der Waals surface area contributed by atoms with Crippen molar-refractivity contribution in [2.24, 2.45) is 0 Å². The molecular weight excluding hydrogens is 317 g/mol. The van der Waals surface area contributed by atoms with Gasteiger partial charge in [0.2, 0.25) is 0 Å². The number of carbonyl (C=O) groups excluding carboxylic acids is 1. The number of rotatable bonds is 2. The molecule has 1 aliphatic rings.